The van der Waals surface area contributed by atoms with Gasteiger partial charge in [-0.05, 0) is 54.7 Å². The van der Waals surface area contributed by atoms with Gasteiger partial charge in [-0.15, -0.1) is 0 Å². The highest BCUT2D eigenvalue weighted by molar-refractivity contribution is 5.74. The number of rotatable bonds is 5. The van der Waals surface area contributed by atoms with Crippen LogP contribution in [0, 0.1) is 0 Å². The lowest BCUT2D eigenvalue weighted by molar-refractivity contribution is 0.0934. The summed E-state index contributed by atoms with van der Waals surface area (Å²) in [5.74, 6) is 0.847. The number of imidazole rings is 1. The third-order valence-corrected chi connectivity index (χ3v) is 4.45. The molecule has 0 fully saturated rings. The Morgan fingerprint density at radius 2 is 2.00 bits per heavy atom. The van der Waals surface area contributed by atoms with Gasteiger partial charge in [0, 0.05) is 0 Å². The van der Waals surface area contributed by atoms with E-state index in [1.165, 1.54) is 24.0 Å². The number of aryl methyl sites for hydroxylation is 2. The highest BCUT2D eigenvalue weighted by Crippen LogP contribution is 2.26. The molecule has 0 bridgehead atoms. The zero-order valence-electron chi connectivity index (χ0n) is 13.0. The molecule has 1 aliphatic rings. The van der Waals surface area contributed by atoms with E-state index in [9.17, 15) is 5.11 Å². The number of para-hydroxylation sites is 2. The maximum absolute atomic E-state index is 10.3. The Morgan fingerprint density at radius 3 is 2.96 bits per heavy atom. The van der Waals surface area contributed by atoms with Crippen molar-refractivity contribution >= 4 is 11.0 Å². The van der Waals surface area contributed by atoms with Crippen molar-refractivity contribution in [3.8, 4) is 5.75 Å². The van der Waals surface area contributed by atoms with Crippen LogP contribution >= 0.6 is 0 Å². The van der Waals surface area contributed by atoms with Crippen LogP contribution in [0.15, 0.2) is 48.8 Å². The fourth-order valence-electron chi connectivity index (χ4n) is 3.27. The van der Waals surface area contributed by atoms with E-state index in [1.54, 1.807) is 6.33 Å². The summed E-state index contributed by atoms with van der Waals surface area (Å²) >= 11 is 0. The summed E-state index contributed by atoms with van der Waals surface area (Å²) in [6, 6.07) is 14.2. The largest absolute Gasteiger partial charge is 0.491 e. The van der Waals surface area contributed by atoms with Crippen molar-refractivity contribution in [1.29, 1.82) is 0 Å². The highest BCUT2D eigenvalue weighted by atomic mass is 16.5. The van der Waals surface area contributed by atoms with Gasteiger partial charge in [0.1, 0.15) is 18.5 Å². The van der Waals surface area contributed by atoms with Crippen LogP contribution in [0.4, 0.5) is 0 Å². The van der Waals surface area contributed by atoms with Gasteiger partial charge in [-0.2, -0.15) is 0 Å². The predicted octanol–water partition coefficient (Wildman–Crippen LogP) is 2.96. The molecule has 2 aromatic carbocycles. The van der Waals surface area contributed by atoms with Crippen LogP contribution in [-0.2, 0) is 19.4 Å². The van der Waals surface area contributed by atoms with Gasteiger partial charge in [0.2, 0.25) is 0 Å². The second kappa shape index (κ2) is 6.05. The summed E-state index contributed by atoms with van der Waals surface area (Å²) in [5, 5.41) is 10.3. The molecule has 23 heavy (non-hydrogen) atoms. The average Bonchev–Trinajstić information content (AvgIpc) is 3.20. The summed E-state index contributed by atoms with van der Waals surface area (Å²) < 4.78 is 7.73. The van der Waals surface area contributed by atoms with E-state index in [2.05, 4.69) is 17.1 Å². The minimum absolute atomic E-state index is 0.283. The van der Waals surface area contributed by atoms with Gasteiger partial charge >= 0.3 is 0 Å². The number of aliphatic hydroxyl groups is 1. The molecule has 1 aromatic heterocycles. The molecule has 1 N–H and O–H groups in total. The van der Waals surface area contributed by atoms with Crippen molar-refractivity contribution in [3.63, 3.8) is 0 Å². The van der Waals surface area contributed by atoms with E-state index in [0.717, 1.165) is 23.2 Å². The van der Waals surface area contributed by atoms with Crippen LogP contribution in [0.2, 0.25) is 0 Å². The van der Waals surface area contributed by atoms with Crippen LogP contribution in [0.5, 0.6) is 5.75 Å². The summed E-state index contributed by atoms with van der Waals surface area (Å²) in [7, 11) is 0. The maximum Gasteiger partial charge on any atom is 0.119 e. The van der Waals surface area contributed by atoms with Crippen LogP contribution in [0.1, 0.15) is 17.5 Å². The second-order valence-corrected chi connectivity index (χ2v) is 6.13. The van der Waals surface area contributed by atoms with E-state index in [1.807, 2.05) is 34.9 Å². The molecule has 4 rings (SSSR count). The van der Waals surface area contributed by atoms with E-state index in [0.29, 0.717) is 6.54 Å². The maximum atomic E-state index is 10.3. The second-order valence-electron chi connectivity index (χ2n) is 6.13. The summed E-state index contributed by atoms with van der Waals surface area (Å²) in [5.41, 5.74) is 4.80. The molecule has 118 valence electrons. The first kappa shape index (κ1) is 14.3. The molecule has 0 unspecified atom stereocenters. The highest BCUT2D eigenvalue weighted by Gasteiger charge is 2.13. The number of nitrogens with zero attached hydrogens (tertiary/aromatic N) is 2. The van der Waals surface area contributed by atoms with Gasteiger partial charge in [0.15, 0.2) is 0 Å². The van der Waals surface area contributed by atoms with Crippen LogP contribution in [-0.4, -0.2) is 27.4 Å². The molecule has 4 heteroatoms. The first-order chi connectivity index (χ1) is 11.3. The van der Waals surface area contributed by atoms with Crippen molar-refractivity contribution in [2.45, 2.75) is 31.9 Å². The van der Waals surface area contributed by atoms with E-state index in [-0.39, 0.29) is 6.61 Å². The Kier molecular flexibility index (Phi) is 3.75. The van der Waals surface area contributed by atoms with Gasteiger partial charge in [-0.1, -0.05) is 18.2 Å². The molecule has 1 heterocycles. The third kappa shape index (κ3) is 2.94. The Hall–Kier alpha value is -2.33. The molecule has 3 aromatic rings. The molecule has 0 amide bonds. The number of hydrogen-bond acceptors (Lipinski definition) is 3. The number of fused-ring (bicyclic) bond motifs is 2. The van der Waals surface area contributed by atoms with Crippen LogP contribution in [0.25, 0.3) is 11.0 Å². The summed E-state index contributed by atoms with van der Waals surface area (Å²) in [6.07, 6.45) is 4.74. The van der Waals surface area contributed by atoms with Crippen LogP contribution in [0.3, 0.4) is 0 Å². The first-order valence-electron chi connectivity index (χ1n) is 8.12. The molecule has 1 aliphatic carbocycles. The van der Waals surface area contributed by atoms with E-state index >= 15 is 0 Å². The van der Waals surface area contributed by atoms with Gasteiger partial charge in [-0.3, -0.25) is 0 Å². The third-order valence-electron chi connectivity index (χ3n) is 4.45. The van der Waals surface area contributed by atoms with Crippen molar-refractivity contribution in [2.75, 3.05) is 6.61 Å². The van der Waals surface area contributed by atoms with Gasteiger partial charge in [-0.25, -0.2) is 4.98 Å². The average molecular weight is 308 g/mol. The van der Waals surface area contributed by atoms with Crippen molar-refractivity contribution in [3.05, 3.63) is 59.9 Å². The molecule has 0 aliphatic heterocycles. The van der Waals surface area contributed by atoms with Crippen molar-refractivity contribution in [1.82, 2.24) is 9.55 Å². The van der Waals surface area contributed by atoms with E-state index < -0.39 is 6.10 Å². The lowest BCUT2D eigenvalue weighted by atomic mass is 10.1. The minimum Gasteiger partial charge on any atom is -0.491 e. The lowest BCUT2D eigenvalue weighted by Crippen LogP contribution is -2.23. The van der Waals surface area contributed by atoms with Gasteiger partial charge < -0.3 is 14.4 Å². The normalized spacial score (nSPS) is 14.8. The van der Waals surface area contributed by atoms with Crippen molar-refractivity contribution < 1.29 is 9.84 Å². The molecule has 0 radical (unpaired) electrons. The molecule has 0 saturated heterocycles. The fourth-order valence-corrected chi connectivity index (χ4v) is 3.27. The molecule has 0 saturated carbocycles. The number of aromatic nitrogens is 2. The van der Waals surface area contributed by atoms with Gasteiger partial charge in [0.05, 0.1) is 23.9 Å². The lowest BCUT2D eigenvalue weighted by Gasteiger charge is -2.14. The Labute approximate surface area is 135 Å². The van der Waals surface area contributed by atoms with Gasteiger partial charge in [0.25, 0.3) is 0 Å². The number of aliphatic hydroxyl groups excluding tert-OH is 1. The fraction of sp³-hybridized carbons (Fsp3) is 0.316. The number of hydrogen-bond donors (Lipinski definition) is 1. The molecular formula is C19H20N2O2. The first-order valence-corrected chi connectivity index (χ1v) is 8.12. The van der Waals surface area contributed by atoms with Crippen LogP contribution < -0.4 is 4.74 Å². The quantitative estimate of drug-likeness (QED) is 0.788. The molecule has 0 spiro atoms. The predicted molar refractivity (Wildman–Crippen MR) is 89.7 cm³/mol. The molecule has 4 nitrogen and oxygen atoms in total. The molecular weight excluding hydrogens is 288 g/mol. The van der Waals surface area contributed by atoms with Crippen molar-refractivity contribution in [2.24, 2.45) is 0 Å². The standard InChI is InChI=1S/C19H20N2O2/c22-16(11-21-13-20-18-6-1-2-7-19(18)21)12-23-17-9-8-14-4-3-5-15(14)10-17/h1-2,6-10,13,16,22H,3-5,11-12H2/t16-/m1/s1. The summed E-state index contributed by atoms with van der Waals surface area (Å²) in [6.45, 7) is 0.761. The van der Waals surface area contributed by atoms with E-state index in [4.69, 9.17) is 4.74 Å². The Morgan fingerprint density at radius 1 is 1.13 bits per heavy atom. The topological polar surface area (TPSA) is 47.3 Å². The summed E-state index contributed by atoms with van der Waals surface area (Å²) in [4.78, 5) is 4.34. The minimum atomic E-state index is -0.569. The number of benzene rings is 2. The monoisotopic (exact) mass is 308 g/mol. The smallest absolute Gasteiger partial charge is 0.119 e. The SMILES string of the molecule is O[C@@H](COc1ccc2c(c1)CCC2)Cn1cnc2ccccc21. The Balaban J connectivity index is 1.39. The molecule has 1 atom stereocenters. The zero-order valence-corrected chi connectivity index (χ0v) is 13.0. The zero-order chi connectivity index (χ0) is 15.6. The Bertz CT molecular complexity index is 825. The number of ether oxygens (including phenoxy) is 1.